The van der Waals surface area contributed by atoms with Gasteiger partial charge in [0.05, 0.1) is 12.1 Å². The van der Waals surface area contributed by atoms with Crippen LogP contribution in [0.4, 0.5) is 0 Å². The van der Waals surface area contributed by atoms with Crippen molar-refractivity contribution in [2.75, 3.05) is 7.11 Å². The Hall–Kier alpha value is -1.93. The Labute approximate surface area is 110 Å². The smallest absolute Gasteiger partial charge is 0.138 e. The summed E-state index contributed by atoms with van der Waals surface area (Å²) in [7, 11) is 1.62. The summed E-state index contributed by atoms with van der Waals surface area (Å²) >= 11 is 6.11. The van der Waals surface area contributed by atoms with Crippen molar-refractivity contribution in [1.29, 1.82) is 0 Å². The van der Waals surface area contributed by atoms with Crippen LogP contribution in [0, 0.1) is 0 Å². The number of aromatic amines is 1. The second kappa shape index (κ2) is 4.39. The molecule has 1 aromatic heterocycles. The van der Waals surface area contributed by atoms with E-state index in [4.69, 9.17) is 16.3 Å². The van der Waals surface area contributed by atoms with Crippen LogP contribution in [0.25, 0.3) is 22.2 Å². The Morgan fingerprint density at radius 3 is 2.56 bits per heavy atom. The third-order valence-electron chi connectivity index (χ3n) is 2.98. The minimum absolute atomic E-state index is 0.617. The molecule has 3 heteroatoms. The maximum Gasteiger partial charge on any atom is 0.138 e. The molecule has 0 atom stereocenters. The van der Waals surface area contributed by atoms with Gasteiger partial charge in [0.25, 0.3) is 0 Å². The van der Waals surface area contributed by atoms with Crippen LogP contribution in [0.1, 0.15) is 0 Å². The molecule has 0 aliphatic heterocycles. The standard InChI is InChI=1S/C15H12ClNO/c1-18-15-8-11-7-13(10-5-3-2-4-6-10)17-14(11)9-12(15)16/h2-9,17H,1H3. The second-order valence-electron chi connectivity index (χ2n) is 4.12. The van der Waals surface area contributed by atoms with E-state index in [1.165, 1.54) is 0 Å². The summed E-state index contributed by atoms with van der Waals surface area (Å²) in [5, 5.41) is 1.71. The number of hydrogen-bond acceptors (Lipinski definition) is 1. The van der Waals surface area contributed by atoms with Crippen LogP contribution in [-0.2, 0) is 0 Å². The minimum Gasteiger partial charge on any atom is -0.495 e. The average Bonchev–Trinajstić information content (AvgIpc) is 2.81. The van der Waals surface area contributed by atoms with Gasteiger partial charge >= 0.3 is 0 Å². The van der Waals surface area contributed by atoms with Crippen LogP contribution in [0.5, 0.6) is 5.75 Å². The molecule has 0 fully saturated rings. The lowest BCUT2D eigenvalue weighted by molar-refractivity contribution is 0.415. The summed E-state index contributed by atoms with van der Waals surface area (Å²) < 4.78 is 5.22. The molecule has 0 aliphatic carbocycles. The molecule has 0 bridgehead atoms. The highest BCUT2D eigenvalue weighted by atomic mass is 35.5. The van der Waals surface area contributed by atoms with E-state index in [2.05, 4.69) is 23.2 Å². The Balaban J connectivity index is 2.17. The average molecular weight is 258 g/mol. The first-order valence-electron chi connectivity index (χ1n) is 5.69. The highest BCUT2D eigenvalue weighted by molar-refractivity contribution is 6.32. The zero-order valence-corrected chi connectivity index (χ0v) is 10.7. The SMILES string of the molecule is COc1cc2cc(-c3ccccc3)[nH]c2cc1Cl. The van der Waals surface area contributed by atoms with Crippen LogP contribution < -0.4 is 4.74 Å². The van der Waals surface area contributed by atoms with Gasteiger partial charge in [-0.25, -0.2) is 0 Å². The maximum atomic E-state index is 6.11. The molecule has 0 saturated heterocycles. The molecule has 18 heavy (non-hydrogen) atoms. The van der Waals surface area contributed by atoms with Crippen LogP contribution in [-0.4, -0.2) is 12.1 Å². The molecule has 0 aliphatic rings. The van der Waals surface area contributed by atoms with Gasteiger partial charge in [-0.3, -0.25) is 0 Å². The van der Waals surface area contributed by atoms with Gasteiger partial charge in [-0.1, -0.05) is 41.9 Å². The molecule has 2 aromatic carbocycles. The normalized spacial score (nSPS) is 10.8. The fourth-order valence-electron chi connectivity index (χ4n) is 2.06. The lowest BCUT2D eigenvalue weighted by Crippen LogP contribution is -1.83. The van der Waals surface area contributed by atoms with E-state index in [1.54, 1.807) is 7.11 Å². The molecular weight excluding hydrogens is 246 g/mol. The van der Waals surface area contributed by atoms with Gasteiger partial charge in [0.15, 0.2) is 0 Å². The lowest BCUT2D eigenvalue weighted by atomic mass is 10.1. The highest BCUT2D eigenvalue weighted by Gasteiger charge is 2.07. The first kappa shape index (κ1) is 11.2. The first-order chi connectivity index (χ1) is 8.78. The number of methoxy groups -OCH3 is 1. The molecule has 1 heterocycles. The molecule has 90 valence electrons. The van der Waals surface area contributed by atoms with Gasteiger partial charge in [-0.2, -0.15) is 0 Å². The van der Waals surface area contributed by atoms with Crippen molar-refractivity contribution in [3.05, 3.63) is 53.6 Å². The van der Waals surface area contributed by atoms with Gasteiger partial charge in [0, 0.05) is 16.6 Å². The summed E-state index contributed by atoms with van der Waals surface area (Å²) in [4.78, 5) is 3.36. The van der Waals surface area contributed by atoms with Crippen LogP contribution in [0.2, 0.25) is 5.02 Å². The van der Waals surface area contributed by atoms with E-state index in [9.17, 15) is 0 Å². The number of fused-ring (bicyclic) bond motifs is 1. The quantitative estimate of drug-likeness (QED) is 0.719. The van der Waals surface area contributed by atoms with Crippen molar-refractivity contribution in [2.45, 2.75) is 0 Å². The molecule has 0 unspecified atom stereocenters. The third kappa shape index (κ3) is 1.85. The lowest BCUT2D eigenvalue weighted by Gasteiger charge is -2.01. The minimum atomic E-state index is 0.617. The monoisotopic (exact) mass is 257 g/mol. The van der Waals surface area contributed by atoms with Gasteiger partial charge < -0.3 is 9.72 Å². The van der Waals surface area contributed by atoms with Crippen molar-refractivity contribution < 1.29 is 4.74 Å². The number of rotatable bonds is 2. The highest BCUT2D eigenvalue weighted by Crippen LogP contribution is 2.32. The number of benzene rings is 2. The van der Waals surface area contributed by atoms with E-state index in [0.29, 0.717) is 10.8 Å². The molecule has 2 nitrogen and oxygen atoms in total. The predicted octanol–water partition coefficient (Wildman–Crippen LogP) is 4.50. The fraction of sp³-hybridized carbons (Fsp3) is 0.0667. The number of hydrogen-bond donors (Lipinski definition) is 1. The molecule has 0 saturated carbocycles. The number of ether oxygens (including phenoxy) is 1. The van der Waals surface area contributed by atoms with Crippen molar-refractivity contribution >= 4 is 22.5 Å². The molecule has 0 spiro atoms. The van der Waals surface area contributed by atoms with E-state index in [1.807, 2.05) is 30.3 Å². The number of halogens is 1. The van der Waals surface area contributed by atoms with Gasteiger partial charge in [0.1, 0.15) is 5.75 Å². The topological polar surface area (TPSA) is 25.0 Å². The zero-order valence-electron chi connectivity index (χ0n) is 9.91. The van der Waals surface area contributed by atoms with Crippen molar-refractivity contribution in [1.82, 2.24) is 4.98 Å². The van der Waals surface area contributed by atoms with Crippen LogP contribution in [0.15, 0.2) is 48.5 Å². The number of aromatic nitrogens is 1. The molecular formula is C15H12ClNO. The largest absolute Gasteiger partial charge is 0.495 e. The van der Waals surface area contributed by atoms with Crippen molar-refractivity contribution in [2.24, 2.45) is 0 Å². The Morgan fingerprint density at radius 2 is 1.83 bits per heavy atom. The summed E-state index contributed by atoms with van der Waals surface area (Å²) in [5.41, 5.74) is 3.25. The van der Waals surface area contributed by atoms with Gasteiger partial charge in [-0.05, 0) is 23.8 Å². The van der Waals surface area contributed by atoms with Gasteiger partial charge in [0.2, 0.25) is 0 Å². The fourth-order valence-corrected chi connectivity index (χ4v) is 2.30. The van der Waals surface area contributed by atoms with E-state index in [-0.39, 0.29) is 0 Å². The Kier molecular flexibility index (Phi) is 2.73. The van der Waals surface area contributed by atoms with Gasteiger partial charge in [-0.15, -0.1) is 0 Å². The molecule has 3 aromatic rings. The second-order valence-corrected chi connectivity index (χ2v) is 4.53. The molecule has 1 N–H and O–H groups in total. The predicted molar refractivity (Wildman–Crippen MR) is 75.3 cm³/mol. The molecule has 3 rings (SSSR count). The van der Waals surface area contributed by atoms with E-state index in [0.717, 1.165) is 22.2 Å². The zero-order chi connectivity index (χ0) is 12.5. The van der Waals surface area contributed by atoms with E-state index >= 15 is 0 Å². The Morgan fingerprint density at radius 1 is 1.06 bits per heavy atom. The van der Waals surface area contributed by atoms with Crippen LogP contribution in [0.3, 0.4) is 0 Å². The van der Waals surface area contributed by atoms with Crippen molar-refractivity contribution in [3.63, 3.8) is 0 Å². The van der Waals surface area contributed by atoms with E-state index < -0.39 is 0 Å². The summed E-state index contributed by atoms with van der Waals surface area (Å²) in [5.74, 6) is 0.697. The van der Waals surface area contributed by atoms with Crippen molar-refractivity contribution in [3.8, 4) is 17.0 Å². The first-order valence-corrected chi connectivity index (χ1v) is 6.07. The third-order valence-corrected chi connectivity index (χ3v) is 3.27. The number of H-pyrrole nitrogens is 1. The molecule has 0 amide bonds. The molecule has 0 radical (unpaired) electrons. The Bertz CT molecular complexity index is 688. The number of nitrogens with one attached hydrogen (secondary N) is 1. The summed E-state index contributed by atoms with van der Waals surface area (Å²) in [6.07, 6.45) is 0. The maximum absolute atomic E-state index is 6.11. The van der Waals surface area contributed by atoms with Crippen LogP contribution >= 0.6 is 11.6 Å². The summed E-state index contributed by atoms with van der Waals surface area (Å²) in [6, 6.07) is 16.1. The summed E-state index contributed by atoms with van der Waals surface area (Å²) in [6.45, 7) is 0.